The second-order valence-corrected chi connectivity index (χ2v) is 4.81. The van der Waals surface area contributed by atoms with Gasteiger partial charge in [0.2, 0.25) is 5.95 Å². The Morgan fingerprint density at radius 1 is 1.44 bits per heavy atom. The van der Waals surface area contributed by atoms with E-state index in [0.717, 1.165) is 30.2 Å². The van der Waals surface area contributed by atoms with Crippen molar-refractivity contribution in [1.82, 2.24) is 24.7 Å². The highest BCUT2D eigenvalue weighted by Crippen LogP contribution is 2.37. The van der Waals surface area contributed by atoms with Crippen molar-refractivity contribution in [2.45, 2.75) is 24.8 Å². The lowest BCUT2D eigenvalue weighted by atomic mass is 9.77. The monoisotopic (exact) mass is 247 g/mol. The number of anilines is 1. The van der Waals surface area contributed by atoms with Crippen LogP contribution in [0.3, 0.4) is 0 Å². The fraction of sp³-hybridized carbons (Fsp3) is 0.545. The third-order valence-corrected chi connectivity index (χ3v) is 3.63. The molecule has 2 heterocycles. The molecule has 1 saturated carbocycles. The van der Waals surface area contributed by atoms with Gasteiger partial charge in [-0.3, -0.25) is 4.57 Å². The largest absolute Gasteiger partial charge is 0.357 e. The zero-order chi connectivity index (χ0) is 12.8. The molecule has 4 N–H and O–H groups in total. The first kappa shape index (κ1) is 11.2. The third-order valence-electron chi connectivity index (χ3n) is 3.63. The maximum absolute atomic E-state index is 6.24. The molecule has 0 aliphatic heterocycles. The van der Waals surface area contributed by atoms with E-state index >= 15 is 0 Å². The van der Waals surface area contributed by atoms with Gasteiger partial charge in [0, 0.05) is 14.1 Å². The van der Waals surface area contributed by atoms with E-state index in [1.165, 1.54) is 6.42 Å². The maximum atomic E-state index is 6.24. The molecule has 0 amide bonds. The fourth-order valence-electron chi connectivity index (χ4n) is 2.26. The summed E-state index contributed by atoms with van der Waals surface area (Å²) in [5, 5.41) is 11.1. The number of aromatic nitrogens is 5. The van der Waals surface area contributed by atoms with Crippen molar-refractivity contribution < 1.29 is 0 Å². The molecule has 96 valence electrons. The SMILES string of the molecule is CNc1nnc(-c2cnc(C3(N)CCC3)[nH]2)n1C. The lowest BCUT2D eigenvalue weighted by molar-refractivity contribution is 0.240. The van der Waals surface area contributed by atoms with Gasteiger partial charge in [-0.25, -0.2) is 4.98 Å². The minimum absolute atomic E-state index is 0.275. The molecule has 0 aromatic carbocycles. The zero-order valence-electron chi connectivity index (χ0n) is 10.6. The normalized spacial score (nSPS) is 17.5. The summed E-state index contributed by atoms with van der Waals surface area (Å²) in [6.07, 6.45) is 4.91. The molecule has 2 aromatic heterocycles. The van der Waals surface area contributed by atoms with Gasteiger partial charge in [-0.1, -0.05) is 0 Å². The van der Waals surface area contributed by atoms with Crippen LogP contribution >= 0.6 is 0 Å². The molecule has 18 heavy (non-hydrogen) atoms. The molecule has 0 saturated heterocycles. The van der Waals surface area contributed by atoms with E-state index in [-0.39, 0.29) is 5.54 Å². The molecule has 0 spiro atoms. The summed E-state index contributed by atoms with van der Waals surface area (Å²) in [5.41, 5.74) is 6.81. The highest BCUT2D eigenvalue weighted by molar-refractivity contribution is 5.51. The summed E-state index contributed by atoms with van der Waals surface area (Å²) in [6, 6.07) is 0. The molecular formula is C11H17N7. The lowest BCUT2D eigenvalue weighted by Gasteiger charge is -2.35. The van der Waals surface area contributed by atoms with Gasteiger partial charge < -0.3 is 16.0 Å². The summed E-state index contributed by atoms with van der Waals surface area (Å²) in [4.78, 5) is 7.64. The molecule has 7 nitrogen and oxygen atoms in total. The number of nitrogens with two attached hydrogens (primary N) is 1. The van der Waals surface area contributed by atoms with Crippen molar-refractivity contribution in [2.24, 2.45) is 12.8 Å². The highest BCUT2D eigenvalue weighted by Gasteiger charge is 2.37. The number of hydrogen-bond donors (Lipinski definition) is 3. The third kappa shape index (κ3) is 1.51. The van der Waals surface area contributed by atoms with Gasteiger partial charge in [-0.2, -0.15) is 0 Å². The van der Waals surface area contributed by atoms with Gasteiger partial charge >= 0.3 is 0 Å². The van der Waals surface area contributed by atoms with E-state index in [4.69, 9.17) is 5.73 Å². The molecule has 1 aliphatic rings. The van der Waals surface area contributed by atoms with Crippen LogP contribution in [-0.4, -0.2) is 31.8 Å². The van der Waals surface area contributed by atoms with Crippen LogP contribution in [0.2, 0.25) is 0 Å². The number of imidazole rings is 1. The number of hydrogen-bond acceptors (Lipinski definition) is 5. The molecule has 0 atom stereocenters. The molecule has 1 aliphatic carbocycles. The first-order valence-electron chi connectivity index (χ1n) is 6.06. The fourth-order valence-corrected chi connectivity index (χ4v) is 2.26. The standard InChI is InChI=1S/C11H17N7/c1-13-10-17-16-8(18(10)2)7-6-14-9(15-7)11(12)4-3-5-11/h6H,3-5,12H2,1-2H3,(H,13,17)(H,14,15). The Hall–Kier alpha value is -1.89. The minimum Gasteiger partial charge on any atom is -0.357 e. The van der Waals surface area contributed by atoms with Crippen LogP contribution in [0.1, 0.15) is 25.1 Å². The van der Waals surface area contributed by atoms with Crippen LogP contribution in [0.25, 0.3) is 11.5 Å². The van der Waals surface area contributed by atoms with Crippen LogP contribution in [0, 0.1) is 0 Å². The number of nitrogens with one attached hydrogen (secondary N) is 2. The average molecular weight is 247 g/mol. The Balaban J connectivity index is 1.95. The second kappa shape index (κ2) is 3.81. The first-order valence-corrected chi connectivity index (χ1v) is 6.06. The van der Waals surface area contributed by atoms with Crippen molar-refractivity contribution in [2.75, 3.05) is 12.4 Å². The van der Waals surface area contributed by atoms with Crippen molar-refractivity contribution in [1.29, 1.82) is 0 Å². The van der Waals surface area contributed by atoms with Gasteiger partial charge in [0.05, 0.1) is 11.7 Å². The number of nitrogens with zero attached hydrogens (tertiary/aromatic N) is 4. The van der Waals surface area contributed by atoms with Crippen molar-refractivity contribution >= 4 is 5.95 Å². The van der Waals surface area contributed by atoms with Crippen LogP contribution in [0.5, 0.6) is 0 Å². The molecule has 2 aromatic rings. The summed E-state index contributed by atoms with van der Waals surface area (Å²) >= 11 is 0. The average Bonchev–Trinajstić information content (AvgIpc) is 2.92. The Labute approximate surface area is 105 Å². The van der Waals surface area contributed by atoms with Crippen molar-refractivity contribution in [3.63, 3.8) is 0 Å². The maximum Gasteiger partial charge on any atom is 0.224 e. The number of aromatic amines is 1. The summed E-state index contributed by atoms with van der Waals surface area (Å²) in [6.45, 7) is 0. The van der Waals surface area contributed by atoms with Crippen LogP contribution in [0.4, 0.5) is 5.95 Å². The Morgan fingerprint density at radius 2 is 2.22 bits per heavy atom. The first-order chi connectivity index (χ1) is 8.64. The summed E-state index contributed by atoms with van der Waals surface area (Å²) < 4.78 is 1.88. The van der Waals surface area contributed by atoms with Gasteiger partial charge in [0.15, 0.2) is 5.82 Å². The Bertz CT molecular complexity index is 564. The minimum atomic E-state index is -0.275. The van der Waals surface area contributed by atoms with E-state index in [1.807, 2.05) is 18.7 Å². The Kier molecular flexibility index (Phi) is 2.37. The van der Waals surface area contributed by atoms with Gasteiger partial charge in [-0.15, -0.1) is 10.2 Å². The second-order valence-electron chi connectivity index (χ2n) is 4.81. The molecule has 3 rings (SSSR count). The van der Waals surface area contributed by atoms with E-state index in [1.54, 1.807) is 6.20 Å². The molecule has 0 radical (unpaired) electrons. The highest BCUT2D eigenvalue weighted by atomic mass is 15.3. The van der Waals surface area contributed by atoms with Crippen LogP contribution in [0.15, 0.2) is 6.20 Å². The van der Waals surface area contributed by atoms with E-state index in [2.05, 4.69) is 25.5 Å². The molecule has 0 bridgehead atoms. The quantitative estimate of drug-likeness (QED) is 0.737. The molecule has 7 heteroatoms. The summed E-state index contributed by atoms with van der Waals surface area (Å²) in [7, 11) is 3.72. The topological polar surface area (TPSA) is 97.4 Å². The molecular weight excluding hydrogens is 230 g/mol. The predicted molar refractivity (Wildman–Crippen MR) is 67.8 cm³/mol. The number of rotatable bonds is 3. The summed E-state index contributed by atoms with van der Waals surface area (Å²) in [5.74, 6) is 2.31. The smallest absolute Gasteiger partial charge is 0.224 e. The Morgan fingerprint density at radius 3 is 2.78 bits per heavy atom. The van der Waals surface area contributed by atoms with Crippen LogP contribution in [-0.2, 0) is 12.6 Å². The van der Waals surface area contributed by atoms with Crippen molar-refractivity contribution in [3.05, 3.63) is 12.0 Å². The zero-order valence-corrected chi connectivity index (χ0v) is 10.6. The van der Waals surface area contributed by atoms with Crippen molar-refractivity contribution in [3.8, 4) is 11.5 Å². The predicted octanol–water partition coefficient (Wildman–Crippen LogP) is 0.585. The van der Waals surface area contributed by atoms with Gasteiger partial charge in [0.1, 0.15) is 11.5 Å². The van der Waals surface area contributed by atoms with Gasteiger partial charge in [0.25, 0.3) is 0 Å². The molecule has 0 unspecified atom stereocenters. The van der Waals surface area contributed by atoms with Crippen LogP contribution < -0.4 is 11.1 Å². The van der Waals surface area contributed by atoms with E-state index in [0.29, 0.717) is 5.95 Å². The lowest BCUT2D eigenvalue weighted by Crippen LogP contribution is -2.44. The van der Waals surface area contributed by atoms with Gasteiger partial charge in [-0.05, 0) is 19.3 Å². The van der Waals surface area contributed by atoms with E-state index in [9.17, 15) is 0 Å². The number of H-pyrrole nitrogens is 1. The molecule has 1 fully saturated rings. The van der Waals surface area contributed by atoms with E-state index < -0.39 is 0 Å².